The zero-order chi connectivity index (χ0) is 13.9. The normalized spacial score (nSPS) is 15.1. The van der Waals surface area contributed by atoms with Gasteiger partial charge >= 0.3 is 0 Å². The van der Waals surface area contributed by atoms with Crippen LogP contribution in [0.2, 0.25) is 0 Å². The van der Waals surface area contributed by atoms with Gasteiger partial charge in [0.15, 0.2) is 0 Å². The Balaban J connectivity index is 1.73. The smallest absolute Gasteiger partial charge is 0.0240 e. The number of benzene rings is 2. The lowest BCUT2D eigenvalue weighted by molar-refractivity contribution is 0.245. The quantitative estimate of drug-likeness (QED) is 0.925. The highest BCUT2D eigenvalue weighted by atomic mass is 15.1. The number of fused-ring (bicyclic) bond motifs is 1. The van der Waals surface area contributed by atoms with Crippen molar-refractivity contribution in [1.29, 1.82) is 0 Å². The van der Waals surface area contributed by atoms with Gasteiger partial charge in [0.25, 0.3) is 0 Å². The number of hydrogen-bond donors (Lipinski definition) is 1. The van der Waals surface area contributed by atoms with Gasteiger partial charge in [0.1, 0.15) is 0 Å². The van der Waals surface area contributed by atoms with Crippen molar-refractivity contribution in [3.63, 3.8) is 0 Å². The average molecular weight is 266 g/mol. The van der Waals surface area contributed by atoms with Crippen molar-refractivity contribution < 1.29 is 0 Å². The average Bonchev–Trinajstić information content (AvgIpc) is 2.49. The Morgan fingerprint density at radius 2 is 1.90 bits per heavy atom. The van der Waals surface area contributed by atoms with Crippen LogP contribution in [0.1, 0.15) is 27.8 Å². The summed E-state index contributed by atoms with van der Waals surface area (Å²) in [6, 6.07) is 15.4. The van der Waals surface area contributed by atoms with Crippen LogP contribution >= 0.6 is 0 Å². The molecule has 0 atom stereocenters. The minimum atomic E-state index is 0.623. The second-order valence-corrected chi connectivity index (χ2v) is 5.69. The third-order valence-corrected chi connectivity index (χ3v) is 4.25. The molecule has 0 saturated heterocycles. The Kier molecular flexibility index (Phi) is 3.86. The fourth-order valence-electron chi connectivity index (χ4n) is 2.99. The van der Waals surface area contributed by atoms with Gasteiger partial charge in [-0.05, 0) is 41.2 Å². The molecule has 0 radical (unpaired) electrons. The van der Waals surface area contributed by atoms with Gasteiger partial charge in [-0.2, -0.15) is 0 Å². The van der Waals surface area contributed by atoms with E-state index in [0.29, 0.717) is 6.54 Å². The summed E-state index contributed by atoms with van der Waals surface area (Å²) in [6.07, 6.45) is 1.16. The Bertz CT molecular complexity index is 604. The highest BCUT2D eigenvalue weighted by molar-refractivity contribution is 5.32. The van der Waals surface area contributed by atoms with E-state index >= 15 is 0 Å². The summed E-state index contributed by atoms with van der Waals surface area (Å²) in [5.74, 6) is 0. The van der Waals surface area contributed by atoms with E-state index in [1.807, 2.05) is 0 Å². The first kappa shape index (κ1) is 13.3. The number of nitrogens with zero attached hydrogens (tertiary/aromatic N) is 1. The SMILES string of the molecule is Cc1cc(CN)ccc1CN1CCc2ccccc2C1. The molecule has 0 fully saturated rings. The first-order valence-corrected chi connectivity index (χ1v) is 7.34. The maximum absolute atomic E-state index is 5.70. The molecule has 2 heteroatoms. The van der Waals surface area contributed by atoms with Crippen LogP contribution in [0.3, 0.4) is 0 Å². The molecule has 20 heavy (non-hydrogen) atoms. The van der Waals surface area contributed by atoms with Crippen LogP contribution in [0, 0.1) is 6.92 Å². The summed E-state index contributed by atoms with van der Waals surface area (Å²) < 4.78 is 0. The van der Waals surface area contributed by atoms with Gasteiger partial charge in [0.2, 0.25) is 0 Å². The molecule has 0 amide bonds. The summed E-state index contributed by atoms with van der Waals surface area (Å²) >= 11 is 0. The van der Waals surface area contributed by atoms with E-state index in [2.05, 4.69) is 54.3 Å². The van der Waals surface area contributed by atoms with Crippen LogP contribution in [0.25, 0.3) is 0 Å². The van der Waals surface area contributed by atoms with E-state index in [1.165, 1.54) is 27.8 Å². The summed E-state index contributed by atoms with van der Waals surface area (Å²) in [5, 5.41) is 0. The van der Waals surface area contributed by atoms with Crippen LogP contribution in [0.4, 0.5) is 0 Å². The standard InChI is InChI=1S/C18H22N2/c1-14-10-15(11-19)6-7-17(14)12-20-9-8-16-4-2-3-5-18(16)13-20/h2-7,10H,8-9,11-13,19H2,1H3. The zero-order valence-corrected chi connectivity index (χ0v) is 12.1. The molecule has 2 N–H and O–H groups in total. The zero-order valence-electron chi connectivity index (χ0n) is 12.1. The van der Waals surface area contributed by atoms with Gasteiger partial charge in [0.05, 0.1) is 0 Å². The Morgan fingerprint density at radius 3 is 2.65 bits per heavy atom. The highest BCUT2D eigenvalue weighted by Gasteiger charge is 2.16. The van der Waals surface area contributed by atoms with E-state index in [4.69, 9.17) is 5.73 Å². The maximum Gasteiger partial charge on any atom is 0.0240 e. The van der Waals surface area contributed by atoms with Crippen molar-refractivity contribution in [3.05, 3.63) is 70.3 Å². The molecule has 3 rings (SSSR count). The Hall–Kier alpha value is -1.64. The fraction of sp³-hybridized carbons (Fsp3) is 0.333. The lowest BCUT2D eigenvalue weighted by Gasteiger charge is -2.29. The summed E-state index contributed by atoms with van der Waals surface area (Å²) in [6.45, 7) is 6.05. The van der Waals surface area contributed by atoms with Gasteiger partial charge in [-0.25, -0.2) is 0 Å². The molecular formula is C18H22N2. The number of nitrogens with two attached hydrogens (primary N) is 1. The minimum absolute atomic E-state index is 0.623. The third-order valence-electron chi connectivity index (χ3n) is 4.25. The molecule has 0 unspecified atom stereocenters. The van der Waals surface area contributed by atoms with E-state index in [9.17, 15) is 0 Å². The molecule has 104 valence electrons. The van der Waals surface area contributed by atoms with Gasteiger partial charge in [-0.15, -0.1) is 0 Å². The van der Waals surface area contributed by atoms with Crippen molar-refractivity contribution in [2.45, 2.75) is 33.0 Å². The predicted octanol–water partition coefficient (Wildman–Crippen LogP) is 3.01. The number of rotatable bonds is 3. The number of hydrogen-bond acceptors (Lipinski definition) is 2. The van der Waals surface area contributed by atoms with Gasteiger partial charge < -0.3 is 5.73 Å². The van der Waals surface area contributed by atoms with Crippen LogP contribution in [0.15, 0.2) is 42.5 Å². The highest BCUT2D eigenvalue weighted by Crippen LogP contribution is 2.21. The van der Waals surface area contributed by atoms with E-state index < -0.39 is 0 Å². The topological polar surface area (TPSA) is 29.3 Å². The number of aryl methyl sites for hydroxylation is 1. The molecule has 0 aliphatic carbocycles. The fourth-order valence-corrected chi connectivity index (χ4v) is 2.99. The Morgan fingerprint density at radius 1 is 1.10 bits per heavy atom. The molecule has 1 heterocycles. The van der Waals surface area contributed by atoms with Crippen LogP contribution < -0.4 is 5.73 Å². The molecule has 0 aromatic heterocycles. The van der Waals surface area contributed by atoms with Crippen LogP contribution in [0.5, 0.6) is 0 Å². The third kappa shape index (κ3) is 2.77. The first-order chi connectivity index (χ1) is 9.76. The molecule has 2 aromatic rings. The predicted molar refractivity (Wildman–Crippen MR) is 83.3 cm³/mol. The van der Waals surface area contributed by atoms with E-state index in [-0.39, 0.29) is 0 Å². The monoisotopic (exact) mass is 266 g/mol. The molecule has 0 bridgehead atoms. The molecule has 1 aliphatic heterocycles. The largest absolute Gasteiger partial charge is 0.326 e. The van der Waals surface area contributed by atoms with Gasteiger partial charge in [-0.3, -0.25) is 4.90 Å². The van der Waals surface area contributed by atoms with Crippen molar-refractivity contribution in [1.82, 2.24) is 4.90 Å². The van der Waals surface area contributed by atoms with Crippen molar-refractivity contribution in [2.24, 2.45) is 5.73 Å². The molecule has 0 spiro atoms. The van der Waals surface area contributed by atoms with E-state index in [0.717, 1.165) is 26.1 Å². The Labute approximate surface area is 121 Å². The lowest BCUT2D eigenvalue weighted by atomic mass is 9.98. The second-order valence-electron chi connectivity index (χ2n) is 5.69. The first-order valence-electron chi connectivity index (χ1n) is 7.34. The molecule has 2 aromatic carbocycles. The van der Waals surface area contributed by atoms with E-state index in [1.54, 1.807) is 0 Å². The molecular weight excluding hydrogens is 244 g/mol. The lowest BCUT2D eigenvalue weighted by Crippen LogP contribution is -2.30. The van der Waals surface area contributed by atoms with Crippen molar-refractivity contribution in [2.75, 3.05) is 6.54 Å². The molecule has 2 nitrogen and oxygen atoms in total. The maximum atomic E-state index is 5.70. The van der Waals surface area contributed by atoms with Crippen molar-refractivity contribution in [3.8, 4) is 0 Å². The van der Waals surface area contributed by atoms with Crippen molar-refractivity contribution >= 4 is 0 Å². The molecule has 0 saturated carbocycles. The van der Waals surface area contributed by atoms with Crippen LogP contribution in [-0.2, 0) is 26.1 Å². The summed E-state index contributed by atoms with van der Waals surface area (Å²) in [5.41, 5.74) is 12.7. The summed E-state index contributed by atoms with van der Waals surface area (Å²) in [7, 11) is 0. The molecule has 1 aliphatic rings. The van der Waals surface area contributed by atoms with Crippen LogP contribution in [-0.4, -0.2) is 11.4 Å². The van der Waals surface area contributed by atoms with Gasteiger partial charge in [-0.1, -0.05) is 42.5 Å². The summed E-state index contributed by atoms with van der Waals surface area (Å²) in [4.78, 5) is 2.53. The van der Waals surface area contributed by atoms with Gasteiger partial charge in [0, 0.05) is 26.2 Å². The minimum Gasteiger partial charge on any atom is -0.326 e. The second kappa shape index (κ2) is 5.78.